The number of allylic oxidation sites excluding steroid dienone is 1. The van der Waals surface area contributed by atoms with Gasteiger partial charge in [-0.25, -0.2) is 4.79 Å². The molecule has 0 amide bonds. The molecule has 2 aromatic rings. The van der Waals surface area contributed by atoms with E-state index in [-0.39, 0.29) is 17.1 Å². The molecule has 0 aliphatic heterocycles. The molecule has 0 radical (unpaired) electrons. The monoisotopic (exact) mass is 476 g/mol. The van der Waals surface area contributed by atoms with E-state index in [2.05, 4.69) is 6.92 Å². The predicted octanol–water partition coefficient (Wildman–Crippen LogP) is 5.34. The average Bonchev–Trinajstić information content (AvgIpc) is 2.79. The molecule has 0 fully saturated rings. The van der Waals surface area contributed by atoms with Crippen molar-refractivity contribution in [3.63, 3.8) is 0 Å². The SMILES string of the molecule is CCCCOc1cc(C(=O)O)ccc1C=CCc1ccc(OS(=O)(=O)CCCC)c(OC)c1. The lowest BCUT2D eigenvalue weighted by molar-refractivity contribution is 0.0696. The number of carbonyl (C=O) groups is 1. The second kappa shape index (κ2) is 12.9. The molecule has 7 nitrogen and oxygen atoms in total. The normalized spacial score (nSPS) is 11.5. The number of carboxylic acid groups (broad SMARTS) is 1. The van der Waals surface area contributed by atoms with Crippen LogP contribution in [0.25, 0.3) is 6.08 Å². The van der Waals surface area contributed by atoms with Gasteiger partial charge < -0.3 is 18.8 Å². The summed E-state index contributed by atoms with van der Waals surface area (Å²) in [7, 11) is -2.21. The lowest BCUT2D eigenvalue weighted by Gasteiger charge is -2.12. The van der Waals surface area contributed by atoms with Gasteiger partial charge in [0.05, 0.1) is 25.0 Å². The zero-order chi connectivity index (χ0) is 24.3. The number of rotatable bonds is 14. The maximum atomic E-state index is 12.1. The molecule has 2 rings (SSSR count). The Hall–Kier alpha value is -3.00. The number of hydrogen-bond donors (Lipinski definition) is 1. The number of ether oxygens (including phenoxy) is 2. The van der Waals surface area contributed by atoms with Gasteiger partial charge in [0.25, 0.3) is 0 Å². The standard InChI is InChI=1S/C25H32O7S/c1-4-6-15-31-23-18-21(25(26)27)13-12-20(23)10-8-9-19-11-14-22(24(17-19)30-3)32-33(28,29)16-7-5-2/h8,10-14,17-18H,4-7,9,15-16H2,1-3H3,(H,26,27). The second-order valence-electron chi connectivity index (χ2n) is 7.55. The van der Waals surface area contributed by atoms with Crippen LogP contribution in [-0.4, -0.2) is 39.0 Å². The largest absolute Gasteiger partial charge is 0.493 e. The molecular weight excluding hydrogens is 444 g/mol. The highest BCUT2D eigenvalue weighted by atomic mass is 32.2. The third kappa shape index (κ3) is 8.46. The van der Waals surface area contributed by atoms with Crippen LogP contribution >= 0.6 is 0 Å². The van der Waals surface area contributed by atoms with Crippen molar-refractivity contribution < 1.29 is 32.0 Å². The van der Waals surface area contributed by atoms with Crippen molar-refractivity contribution in [3.8, 4) is 17.2 Å². The van der Waals surface area contributed by atoms with Crippen molar-refractivity contribution >= 4 is 22.2 Å². The van der Waals surface area contributed by atoms with Crippen LogP contribution in [-0.2, 0) is 16.5 Å². The highest BCUT2D eigenvalue weighted by Crippen LogP contribution is 2.30. The summed E-state index contributed by atoms with van der Waals surface area (Å²) in [5.74, 6) is -0.0109. The van der Waals surface area contributed by atoms with Crippen molar-refractivity contribution in [2.24, 2.45) is 0 Å². The van der Waals surface area contributed by atoms with Crippen LogP contribution in [0.3, 0.4) is 0 Å². The molecule has 0 aliphatic carbocycles. The number of hydrogen-bond acceptors (Lipinski definition) is 6. The molecule has 0 bridgehead atoms. The molecule has 180 valence electrons. The zero-order valence-electron chi connectivity index (χ0n) is 19.4. The first kappa shape index (κ1) is 26.3. The van der Waals surface area contributed by atoms with Gasteiger partial charge in [-0.2, -0.15) is 8.42 Å². The Kier molecular flexibility index (Phi) is 10.3. The third-order valence-electron chi connectivity index (χ3n) is 4.86. The van der Waals surface area contributed by atoms with Gasteiger partial charge in [-0.15, -0.1) is 0 Å². The molecule has 0 saturated carbocycles. The second-order valence-corrected chi connectivity index (χ2v) is 9.24. The minimum absolute atomic E-state index is 0.0412. The van der Waals surface area contributed by atoms with Crippen molar-refractivity contribution in [1.29, 1.82) is 0 Å². The van der Waals surface area contributed by atoms with E-state index < -0.39 is 16.1 Å². The van der Waals surface area contributed by atoms with Gasteiger partial charge in [0, 0.05) is 5.56 Å². The minimum Gasteiger partial charge on any atom is -0.493 e. The molecule has 0 aliphatic rings. The lowest BCUT2D eigenvalue weighted by Crippen LogP contribution is -2.14. The fourth-order valence-electron chi connectivity index (χ4n) is 2.99. The Morgan fingerprint density at radius 2 is 1.76 bits per heavy atom. The van der Waals surface area contributed by atoms with E-state index >= 15 is 0 Å². The molecule has 1 N–H and O–H groups in total. The van der Waals surface area contributed by atoms with E-state index in [1.807, 2.05) is 19.1 Å². The first-order valence-electron chi connectivity index (χ1n) is 11.0. The van der Waals surface area contributed by atoms with Crippen LogP contribution in [0.2, 0.25) is 0 Å². The van der Waals surface area contributed by atoms with Crippen LogP contribution < -0.4 is 13.7 Å². The third-order valence-corrected chi connectivity index (χ3v) is 6.08. The summed E-state index contributed by atoms with van der Waals surface area (Å²) in [6.07, 6.45) is 7.50. The Morgan fingerprint density at radius 1 is 1.00 bits per heavy atom. The molecule has 0 aromatic heterocycles. The molecule has 0 spiro atoms. The number of methoxy groups -OCH3 is 1. The molecule has 8 heteroatoms. The summed E-state index contributed by atoms with van der Waals surface area (Å²) < 4.78 is 40.5. The van der Waals surface area contributed by atoms with E-state index in [0.29, 0.717) is 30.9 Å². The summed E-state index contributed by atoms with van der Waals surface area (Å²) in [5.41, 5.74) is 1.86. The molecular formula is C25H32O7S. The summed E-state index contributed by atoms with van der Waals surface area (Å²) in [6.45, 7) is 4.49. The van der Waals surface area contributed by atoms with Crippen LogP contribution in [0, 0.1) is 0 Å². The topological polar surface area (TPSA) is 99.1 Å². The highest BCUT2D eigenvalue weighted by Gasteiger charge is 2.16. The number of carboxylic acids is 1. The van der Waals surface area contributed by atoms with Gasteiger partial charge in [0.1, 0.15) is 5.75 Å². The van der Waals surface area contributed by atoms with E-state index in [1.165, 1.54) is 13.2 Å². The van der Waals surface area contributed by atoms with Crippen LogP contribution in [0.15, 0.2) is 42.5 Å². The van der Waals surface area contributed by atoms with Crippen molar-refractivity contribution in [2.75, 3.05) is 19.5 Å². The van der Waals surface area contributed by atoms with Gasteiger partial charge in [-0.3, -0.25) is 0 Å². The number of unbranched alkanes of at least 4 members (excludes halogenated alkanes) is 2. The smallest absolute Gasteiger partial charge is 0.335 e. The van der Waals surface area contributed by atoms with Gasteiger partial charge in [-0.05, 0) is 49.1 Å². The molecule has 0 unspecified atom stereocenters. The fraction of sp³-hybridized carbons (Fsp3) is 0.400. The molecule has 33 heavy (non-hydrogen) atoms. The van der Waals surface area contributed by atoms with Gasteiger partial charge >= 0.3 is 16.1 Å². The molecule has 0 saturated heterocycles. The summed E-state index contributed by atoms with van der Waals surface area (Å²) >= 11 is 0. The van der Waals surface area contributed by atoms with E-state index in [1.54, 1.807) is 30.3 Å². The van der Waals surface area contributed by atoms with Crippen molar-refractivity contribution in [2.45, 2.75) is 46.0 Å². The number of benzene rings is 2. The maximum absolute atomic E-state index is 12.1. The van der Waals surface area contributed by atoms with Crippen molar-refractivity contribution in [3.05, 3.63) is 59.2 Å². The first-order valence-corrected chi connectivity index (χ1v) is 12.6. The molecule has 2 aromatic carbocycles. The minimum atomic E-state index is -3.67. The zero-order valence-corrected chi connectivity index (χ0v) is 20.2. The predicted molar refractivity (Wildman–Crippen MR) is 129 cm³/mol. The summed E-state index contributed by atoms with van der Waals surface area (Å²) in [5, 5.41) is 9.25. The Balaban J connectivity index is 2.15. The van der Waals surface area contributed by atoms with Crippen LogP contribution in [0.1, 0.15) is 61.0 Å². The fourth-order valence-corrected chi connectivity index (χ4v) is 4.12. The lowest BCUT2D eigenvalue weighted by atomic mass is 10.1. The number of aromatic carboxylic acids is 1. The van der Waals surface area contributed by atoms with Crippen LogP contribution in [0.5, 0.6) is 17.2 Å². The molecule has 0 heterocycles. The summed E-state index contributed by atoms with van der Waals surface area (Å²) in [6, 6.07) is 9.91. The molecule has 0 atom stereocenters. The summed E-state index contributed by atoms with van der Waals surface area (Å²) in [4.78, 5) is 11.3. The highest BCUT2D eigenvalue weighted by molar-refractivity contribution is 7.87. The van der Waals surface area contributed by atoms with E-state index in [0.717, 1.165) is 30.4 Å². The average molecular weight is 477 g/mol. The first-order chi connectivity index (χ1) is 15.8. The van der Waals surface area contributed by atoms with Gasteiger partial charge in [0.15, 0.2) is 11.5 Å². The van der Waals surface area contributed by atoms with Crippen molar-refractivity contribution in [1.82, 2.24) is 0 Å². The van der Waals surface area contributed by atoms with E-state index in [9.17, 15) is 18.3 Å². The van der Waals surface area contributed by atoms with Crippen LogP contribution in [0.4, 0.5) is 0 Å². The Morgan fingerprint density at radius 3 is 2.42 bits per heavy atom. The van der Waals surface area contributed by atoms with Gasteiger partial charge in [-0.1, -0.05) is 51.0 Å². The Bertz CT molecular complexity index is 1060. The quantitative estimate of drug-likeness (QED) is 0.290. The maximum Gasteiger partial charge on any atom is 0.335 e. The van der Waals surface area contributed by atoms with Gasteiger partial charge in [0.2, 0.25) is 0 Å². The Labute approximate surface area is 196 Å². The van der Waals surface area contributed by atoms with E-state index in [4.69, 9.17) is 13.7 Å².